The largest absolute Gasteiger partial charge is 0.441 e. The SMILES string of the molecule is CC1CCCC(C)N1CCc1nc2cc(-c3ccc(C#N)cc3)ccc2o1. The van der Waals surface area contributed by atoms with Crippen LogP contribution in [0.15, 0.2) is 46.9 Å². The van der Waals surface area contributed by atoms with Crippen molar-refractivity contribution >= 4 is 11.1 Å². The van der Waals surface area contributed by atoms with E-state index in [1.807, 2.05) is 36.4 Å². The quantitative estimate of drug-likeness (QED) is 0.645. The first-order valence-electron chi connectivity index (χ1n) is 9.80. The summed E-state index contributed by atoms with van der Waals surface area (Å²) in [6, 6.07) is 17.2. The Bertz CT molecular complexity index is 957. The standard InChI is InChI=1S/C23H25N3O/c1-16-4-3-5-17(2)26(16)13-12-23-25-21-14-20(10-11-22(21)27-23)19-8-6-18(15-24)7-9-19/h6-11,14,16-17H,3-5,12-13H2,1-2H3. The highest BCUT2D eigenvalue weighted by molar-refractivity contribution is 5.80. The van der Waals surface area contributed by atoms with Gasteiger partial charge in [-0.05, 0) is 62.1 Å². The Morgan fingerprint density at radius 3 is 2.48 bits per heavy atom. The average Bonchev–Trinajstić information content (AvgIpc) is 3.09. The molecular weight excluding hydrogens is 334 g/mol. The minimum Gasteiger partial charge on any atom is -0.441 e. The highest BCUT2D eigenvalue weighted by atomic mass is 16.3. The maximum Gasteiger partial charge on any atom is 0.196 e. The molecule has 1 aliphatic heterocycles. The predicted octanol–water partition coefficient (Wildman–Crippen LogP) is 5.17. The number of likely N-dealkylation sites (tertiary alicyclic amines) is 1. The van der Waals surface area contributed by atoms with Crippen molar-refractivity contribution < 1.29 is 4.42 Å². The number of hydrogen-bond acceptors (Lipinski definition) is 4. The van der Waals surface area contributed by atoms with E-state index in [1.54, 1.807) is 0 Å². The lowest BCUT2D eigenvalue weighted by atomic mass is 9.97. The van der Waals surface area contributed by atoms with E-state index in [-0.39, 0.29) is 0 Å². The van der Waals surface area contributed by atoms with Gasteiger partial charge in [0.1, 0.15) is 5.52 Å². The average molecular weight is 359 g/mol. The molecule has 0 bridgehead atoms. The van der Waals surface area contributed by atoms with Crippen molar-refractivity contribution in [1.82, 2.24) is 9.88 Å². The zero-order valence-corrected chi connectivity index (χ0v) is 16.0. The molecule has 138 valence electrons. The lowest BCUT2D eigenvalue weighted by Gasteiger charge is -2.38. The number of benzene rings is 2. The summed E-state index contributed by atoms with van der Waals surface area (Å²) in [7, 11) is 0. The van der Waals surface area contributed by atoms with Crippen molar-refractivity contribution in [2.45, 2.75) is 51.6 Å². The summed E-state index contributed by atoms with van der Waals surface area (Å²) in [6.07, 6.45) is 4.74. The van der Waals surface area contributed by atoms with Crippen LogP contribution in [0.5, 0.6) is 0 Å². The van der Waals surface area contributed by atoms with E-state index in [1.165, 1.54) is 19.3 Å². The van der Waals surface area contributed by atoms with Gasteiger partial charge in [0, 0.05) is 25.0 Å². The van der Waals surface area contributed by atoms with Crippen molar-refractivity contribution in [3.05, 3.63) is 53.9 Å². The lowest BCUT2D eigenvalue weighted by molar-refractivity contribution is 0.103. The topological polar surface area (TPSA) is 53.1 Å². The summed E-state index contributed by atoms with van der Waals surface area (Å²) in [4.78, 5) is 7.31. The predicted molar refractivity (Wildman–Crippen MR) is 107 cm³/mol. The van der Waals surface area contributed by atoms with E-state index in [4.69, 9.17) is 14.7 Å². The first-order chi connectivity index (χ1) is 13.1. The summed E-state index contributed by atoms with van der Waals surface area (Å²) in [5, 5.41) is 8.94. The Morgan fingerprint density at radius 2 is 1.78 bits per heavy atom. The zero-order chi connectivity index (χ0) is 18.8. The number of piperidine rings is 1. The molecule has 2 unspecified atom stereocenters. The van der Waals surface area contributed by atoms with Gasteiger partial charge in [-0.3, -0.25) is 4.90 Å². The normalized spacial score (nSPS) is 20.6. The van der Waals surface area contributed by atoms with Gasteiger partial charge < -0.3 is 4.42 Å². The second-order valence-electron chi connectivity index (χ2n) is 7.60. The molecule has 2 aromatic carbocycles. The Morgan fingerprint density at radius 1 is 1.07 bits per heavy atom. The molecule has 2 atom stereocenters. The lowest BCUT2D eigenvalue weighted by Crippen LogP contribution is -2.44. The van der Waals surface area contributed by atoms with Gasteiger partial charge in [0.2, 0.25) is 0 Å². The molecule has 2 heterocycles. The van der Waals surface area contributed by atoms with Crippen molar-refractivity contribution in [2.75, 3.05) is 6.54 Å². The van der Waals surface area contributed by atoms with Crippen LogP contribution in [0.25, 0.3) is 22.2 Å². The summed E-state index contributed by atoms with van der Waals surface area (Å²) in [5.74, 6) is 0.812. The molecule has 4 nitrogen and oxygen atoms in total. The maximum absolute atomic E-state index is 8.94. The third kappa shape index (κ3) is 3.74. The van der Waals surface area contributed by atoms with E-state index in [0.29, 0.717) is 17.6 Å². The van der Waals surface area contributed by atoms with Crippen LogP contribution in [0, 0.1) is 11.3 Å². The Balaban J connectivity index is 1.51. The van der Waals surface area contributed by atoms with E-state index in [0.717, 1.165) is 41.1 Å². The van der Waals surface area contributed by atoms with Gasteiger partial charge in [0.15, 0.2) is 11.5 Å². The molecule has 0 saturated carbocycles. The van der Waals surface area contributed by atoms with Crippen molar-refractivity contribution in [2.24, 2.45) is 0 Å². The van der Waals surface area contributed by atoms with Gasteiger partial charge >= 0.3 is 0 Å². The first-order valence-corrected chi connectivity index (χ1v) is 9.80. The Labute approximate surface area is 160 Å². The fraction of sp³-hybridized carbons (Fsp3) is 0.391. The van der Waals surface area contributed by atoms with Crippen LogP contribution in [-0.4, -0.2) is 28.5 Å². The summed E-state index contributed by atoms with van der Waals surface area (Å²) in [5.41, 5.74) is 4.57. The third-order valence-corrected chi connectivity index (χ3v) is 5.74. The number of hydrogen-bond donors (Lipinski definition) is 0. The number of fused-ring (bicyclic) bond motifs is 1. The molecule has 1 aromatic heterocycles. The number of oxazole rings is 1. The fourth-order valence-corrected chi connectivity index (χ4v) is 4.14. The Hall–Kier alpha value is -2.64. The molecule has 1 aliphatic rings. The van der Waals surface area contributed by atoms with Crippen LogP contribution in [0.2, 0.25) is 0 Å². The molecule has 0 amide bonds. The molecular formula is C23H25N3O. The van der Waals surface area contributed by atoms with E-state index in [9.17, 15) is 0 Å². The monoisotopic (exact) mass is 359 g/mol. The number of nitriles is 1. The van der Waals surface area contributed by atoms with Crippen LogP contribution in [0.1, 0.15) is 44.6 Å². The van der Waals surface area contributed by atoms with Gasteiger partial charge in [-0.25, -0.2) is 4.98 Å². The van der Waals surface area contributed by atoms with Crippen LogP contribution in [0.4, 0.5) is 0 Å². The second-order valence-corrected chi connectivity index (χ2v) is 7.60. The summed E-state index contributed by atoms with van der Waals surface area (Å²) in [6.45, 7) is 5.65. The first kappa shape index (κ1) is 17.8. The smallest absolute Gasteiger partial charge is 0.196 e. The van der Waals surface area contributed by atoms with Crippen LogP contribution in [-0.2, 0) is 6.42 Å². The molecule has 4 heteroatoms. The van der Waals surface area contributed by atoms with E-state index >= 15 is 0 Å². The van der Waals surface area contributed by atoms with E-state index in [2.05, 4.69) is 30.9 Å². The van der Waals surface area contributed by atoms with Crippen LogP contribution < -0.4 is 0 Å². The van der Waals surface area contributed by atoms with Crippen molar-refractivity contribution in [3.63, 3.8) is 0 Å². The molecule has 1 saturated heterocycles. The Kier molecular flexibility index (Phi) is 4.96. The molecule has 4 rings (SSSR count). The molecule has 0 radical (unpaired) electrons. The van der Waals surface area contributed by atoms with Crippen molar-refractivity contribution in [1.29, 1.82) is 5.26 Å². The maximum atomic E-state index is 8.94. The van der Waals surface area contributed by atoms with Gasteiger partial charge in [0.05, 0.1) is 11.6 Å². The minimum atomic E-state index is 0.640. The van der Waals surface area contributed by atoms with E-state index < -0.39 is 0 Å². The molecule has 0 spiro atoms. The number of rotatable bonds is 4. The fourth-order valence-electron chi connectivity index (χ4n) is 4.14. The number of aromatic nitrogens is 1. The minimum absolute atomic E-state index is 0.640. The molecule has 1 fully saturated rings. The molecule has 0 aliphatic carbocycles. The van der Waals surface area contributed by atoms with Crippen molar-refractivity contribution in [3.8, 4) is 17.2 Å². The van der Waals surface area contributed by atoms with Crippen LogP contribution >= 0.6 is 0 Å². The molecule has 27 heavy (non-hydrogen) atoms. The summed E-state index contributed by atoms with van der Waals surface area (Å²) < 4.78 is 5.98. The molecule has 3 aromatic rings. The van der Waals surface area contributed by atoms with Gasteiger partial charge in [0.25, 0.3) is 0 Å². The highest BCUT2D eigenvalue weighted by Crippen LogP contribution is 2.26. The summed E-state index contributed by atoms with van der Waals surface area (Å²) >= 11 is 0. The third-order valence-electron chi connectivity index (χ3n) is 5.74. The molecule has 0 N–H and O–H groups in total. The van der Waals surface area contributed by atoms with Gasteiger partial charge in [-0.2, -0.15) is 5.26 Å². The zero-order valence-electron chi connectivity index (χ0n) is 16.0. The van der Waals surface area contributed by atoms with Crippen LogP contribution in [0.3, 0.4) is 0 Å². The number of nitrogens with zero attached hydrogens (tertiary/aromatic N) is 3. The highest BCUT2D eigenvalue weighted by Gasteiger charge is 2.24. The van der Waals surface area contributed by atoms with Gasteiger partial charge in [-0.1, -0.05) is 24.6 Å². The van der Waals surface area contributed by atoms with Gasteiger partial charge in [-0.15, -0.1) is 0 Å². The second kappa shape index (κ2) is 7.54.